The maximum atomic E-state index is 12.0. The lowest BCUT2D eigenvalue weighted by Crippen LogP contribution is -2.23. The maximum absolute atomic E-state index is 12.0. The smallest absolute Gasteiger partial charge is 0.226 e. The molecule has 1 aliphatic rings. The first-order chi connectivity index (χ1) is 11.2. The van der Waals surface area contributed by atoms with Crippen molar-refractivity contribution in [3.8, 4) is 11.3 Å². The summed E-state index contributed by atoms with van der Waals surface area (Å²) in [6.45, 7) is 0. The summed E-state index contributed by atoms with van der Waals surface area (Å²) in [6.07, 6.45) is 0.382. The molecule has 1 aromatic heterocycles. The third-order valence-corrected chi connectivity index (χ3v) is 4.35. The van der Waals surface area contributed by atoms with E-state index in [9.17, 15) is 4.79 Å². The standard InChI is InChI=1S/C18H14ClN3O/c19-13-8-4-7-12(9-13)14-10-15(23)20-18-16(14)17(21-22-18)11-5-2-1-3-6-11/h1-9,14H,10H2,(H2,20,21,22,23). The van der Waals surface area contributed by atoms with Gasteiger partial charge in [0.15, 0.2) is 5.82 Å². The molecule has 0 spiro atoms. The lowest BCUT2D eigenvalue weighted by molar-refractivity contribution is -0.116. The average Bonchev–Trinajstić information content (AvgIpc) is 2.98. The van der Waals surface area contributed by atoms with Gasteiger partial charge in [0.1, 0.15) is 0 Å². The van der Waals surface area contributed by atoms with Crippen LogP contribution < -0.4 is 5.32 Å². The second kappa shape index (κ2) is 5.56. The molecule has 1 unspecified atom stereocenters. The number of halogens is 1. The van der Waals surface area contributed by atoms with Crippen LogP contribution in [0.25, 0.3) is 11.3 Å². The summed E-state index contributed by atoms with van der Waals surface area (Å²) in [5.74, 6) is 0.505. The Kier molecular flexibility index (Phi) is 3.39. The number of nitrogens with one attached hydrogen (secondary N) is 2. The molecule has 0 saturated heterocycles. The minimum Gasteiger partial charge on any atom is -0.309 e. The molecule has 4 rings (SSSR count). The first-order valence-electron chi connectivity index (χ1n) is 7.41. The number of amides is 1. The lowest BCUT2D eigenvalue weighted by Gasteiger charge is -2.23. The van der Waals surface area contributed by atoms with Crippen LogP contribution in [0, 0.1) is 0 Å². The molecule has 0 aliphatic carbocycles. The fourth-order valence-corrected chi connectivity index (χ4v) is 3.29. The molecule has 2 aromatic carbocycles. The third kappa shape index (κ3) is 2.51. The molecule has 114 valence electrons. The number of anilines is 1. The first kappa shape index (κ1) is 14.0. The van der Waals surface area contributed by atoms with E-state index < -0.39 is 0 Å². The number of aromatic nitrogens is 2. The van der Waals surface area contributed by atoms with E-state index in [0.717, 1.165) is 22.4 Å². The van der Waals surface area contributed by atoms with Gasteiger partial charge in [-0.3, -0.25) is 9.89 Å². The zero-order valence-electron chi connectivity index (χ0n) is 12.2. The van der Waals surface area contributed by atoms with Crippen molar-refractivity contribution in [2.45, 2.75) is 12.3 Å². The maximum Gasteiger partial charge on any atom is 0.226 e. The molecule has 2 N–H and O–H groups in total. The van der Waals surface area contributed by atoms with E-state index in [1.807, 2.05) is 54.6 Å². The number of rotatable bonds is 2. The summed E-state index contributed by atoms with van der Waals surface area (Å²) in [5, 5.41) is 10.9. The molecule has 0 saturated carbocycles. The summed E-state index contributed by atoms with van der Waals surface area (Å²) in [7, 11) is 0. The van der Waals surface area contributed by atoms with Crippen LogP contribution in [0.15, 0.2) is 54.6 Å². The van der Waals surface area contributed by atoms with Crippen LogP contribution in [0.3, 0.4) is 0 Å². The normalized spacial score (nSPS) is 16.7. The number of H-pyrrole nitrogens is 1. The Morgan fingerprint density at radius 3 is 2.70 bits per heavy atom. The van der Waals surface area contributed by atoms with Crippen molar-refractivity contribution < 1.29 is 4.79 Å². The summed E-state index contributed by atoms with van der Waals surface area (Å²) in [6, 6.07) is 17.7. The minimum absolute atomic E-state index is 0.0337. The zero-order valence-corrected chi connectivity index (χ0v) is 13.0. The number of carbonyl (C=O) groups is 1. The number of aromatic amines is 1. The Balaban J connectivity index is 1.88. The summed E-state index contributed by atoms with van der Waals surface area (Å²) >= 11 is 6.13. The van der Waals surface area contributed by atoms with E-state index in [1.54, 1.807) is 0 Å². The fraction of sp³-hybridized carbons (Fsp3) is 0.111. The highest BCUT2D eigenvalue weighted by atomic mass is 35.5. The number of hydrogen-bond donors (Lipinski definition) is 2. The van der Waals surface area contributed by atoms with Crippen molar-refractivity contribution in [2.24, 2.45) is 0 Å². The number of fused-ring (bicyclic) bond motifs is 1. The summed E-state index contributed by atoms with van der Waals surface area (Å²) in [4.78, 5) is 12.0. The Morgan fingerprint density at radius 1 is 1.09 bits per heavy atom. The number of nitrogens with zero attached hydrogens (tertiary/aromatic N) is 1. The van der Waals surface area contributed by atoms with Gasteiger partial charge in [-0.15, -0.1) is 0 Å². The number of benzene rings is 2. The molecule has 2 heterocycles. The van der Waals surface area contributed by atoms with Gasteiger partial charge in [0.2, 0.25) is 5.91 Å². The van der Waals surface area contributed by atoms with Crippen LogP contribution in [0.5, 0.6) is 0 Å². The van der Waals surface area contributed by atoms with Crippen molar-refractivity contribution in [3.63, 3.8) is 0 Å². The van der Waals surface area contributed by atoms with Crippen molar-refractivity contribution in [3.05, 3.63) is 70.7 Å². The highest BCUT2D eigenvalue weighted by molar-refractivity contribution is 6.30. The monoisotopic (exact) mass is 323 g/mol. The molecular weight excluding hydrogens is 310 g/mol. The van der Waals surface area contributed by atoms with Crippen molar-refractivity contribution in [2.75, 3.05) is 5.32 Å². The molecule has 0 fully saturated rings. The molecule has 0 radical (unpaired) electrons. The highest BCUT2D eigenvalue weighted by Crippen LogP contribution is 2.41. The Labute approximate surface area is 138 Å². The van der Waals surface area contributed by atoms with E-state index in [2.05, 4.69) is 15.5 Å². The zero-order chi connectivity index (χ0) is 15.8. The Bertz CT molecular complexity index is 873. The summed E-state index contributed by atoms with van der Waals surface area (Å²) < 4.78 is 0. The van der Waals surface area contributed by atoms with E-state index in [4.69, 9.17) is 11.6 Å². The summed E-state index contributed by atoms with van der Waals surface area (Å²) in [5.41, 5.74) is 4.01. The van der Waals surface area contributed by atoms with E-state index in [-0.39, 0.29) is 11.8 Å². The van der Waals surface area contributed by atoms with E-state index >= 15 is 0 Å². The van der Waals surface area contributed by atoms with Gasteiger partial charge in [-0.25, -0.2) is 0 Å². The number of hydrogen-bond acceptors (Lipinski definition) is 2. The highest BCUT2D eigenvalue weighted by Gasteiger charge is 2.31. The van der Waals surface area contributed by atoms with Gasteiger partial charge in [0.05, 0.1) is 5.69 Å². The third-order valence-electron chi connectivity index (χ3n) is 4.11. The molecule has 1 atom stereocenters. The molecule has 23 heavy (non-hydrogen) atoms. The first-order valence-corrected chi connectivity index (χ1v) is 7.79. The van der Waals surface area contributed by atoms with Crippen molar-refractivity contribution in [1.29, 1.82) is 0 Å². The molecule has 3 aromatic rings. The predicted molar refractivity (Wildman–Crippen MR) is 90.6 cm³/mol. The van der Waals surface area contributed by atoms with Crippen LogP contribution in [0.4, 0.5) is 5.82 Å². The average molecular weight is 324 g/mol. The molecule has 1 amide bonds. The van der Waals surface area contributed by atoms with Crippen LogP contribution in [0.1, 0.15) is 23.5 Å². The Morgan fingerprint density at radius 2 is 1.91 bits per heavy atom. The van der Waals surface area contributed by atoms with Crippen molar-refractivity contribution >= 4 is 23.3 Å². The molecule has 4 nitrogen and oxygen atoms in total. The fourth-order valence-electron chi connectivity index (χ4n) is 3.09. The lowest BCUT2D eigenvalue weighted by atomic mass is 9.84. The van der Waals surface area contributed by atoms with E-state index in [0.29, 0.717) is 17.3 Å². The largest absolute Gasteiger partial charge is 0.309 e. The quantitative estimate of drug-likeness (QED) is 0.742. The second-order valence-electron chi connectivity index (χ2n) is 5.59. The second-order valence-corrected chi connectivity index (χ2v) is 6.02. The van der Waals surface area contributed by atoms with Crippen LogP contribution >= 0.6 is 11.6 Å². The molecule has 5 heteroatoms. The molecular formula is C18H14ClN3O. The van der Waals surface area contributed by atoms with Gasteiger partial charge >= 0.3 is 0 Å². The van der Waals surface area contributed by atoms with Gasteiger partial charge in [-0.1, -0.05) is 54.1 Å². The van der Waals surface area contributed by atoms with Crippen LogP contribution in [-0.2, 0) is 4.79 Å². The number of carbonyl (C=O) groups excluding carboxylic acids is 1. The minimum atomic E-state index is -0.0635. The van der Waals surface area contributed by atoms with Gasteiger partial charge < -0.3 is 5.32 Å². The van der Waals surface area contributed by atoms with Crippen LogP contribution in [0.2, 0.25) is 5.02 Å². The van der Waals surface area contributed by atoms with Gasteiger partial charge in [-0.2, -0.15) is 5.10 Å². The van der Waals surface area contributed by atoms with E-state index in [1.165, 1.54) is 0 Å². The van der Waals surface area contributed by atoms with Gasteiger partial charge in [-0.05, 0) is 23.3 Å². The SMILES string of the molecule is O=C1CC(c2cccc(Cl)c2)c2c(n[nH]c2-c2ccccc2)N1. The molecule has 0 bridgehead atoms. The van der Waals surface area contributed by atoms with Crippen LogP contribution in [-0.4, -0.2) is 16.1 Å². The topological polar surface area (TPSA) is 57.8 Å². The predicted octanol–water partition coefficient (Wildman–Crippen LogP) is 4.20. The Hall–Kier alpha value is -2.59. The van der Waals surface area contributed by atoms with Gasteiger partial charge in [0, 0.05) is 22.9 Å². The van der Waals surface area contributed by atoms with Crippen molar-refractivity contribution in [1.82, 2.24) is 10.2 Å². The van der Waals surface area contributed by atoms with Gasteiger partial charge in [0.25, 0.3) is 0 Å². The molecule has 1 aliphatic heterocycles.